The molecule has 1 heterocycles. The lowest BCUT2D eigenvalue weighted by Crippen LogP contribution is -2.40. The number of amides is 2. The number of aliphatic hydroxyl groups excluding tert-OH is 1. The number of carbonyl (C=O) groups is 2. The number of benzene rings is 1. The first-order chi connectivity index (χ1) is 9.63. The van der Waals surface area contributed by atoms with Crippen molar-refractivity contribution in [2.45, 2.75) is 18.9 Å². The van der Waals surface area contributed by atoms with Crippen molar-refractivity contribution in [3.8, 4) is 5.75 Å². The fourth-order valence-electron chi connectivity index (χ4n) is 2.37. The lowest BCUT2D eigenvalue weighted by atomic mass is 10.2. The number of aliphatic hydroxyl groups is 1. The lowest BCUT2D eigenvalue weighted by molar-refractivity contribution is -0.134. The second-order valence-corrected chi connectivity index (χ2v) is 4.71. The van der Waals surface area contributed by atoms with Crippen LogP contribution < -0.4 is 10.5 Å². The summed E-state index contributed by atoms with van der Waals surface area (Å²) in [6, 6.07) is 6.41. The second-order valence-electron chi connectivity index (χ2n) is 4.71. The van der Waals surface area contributed by atoms with Gasteiger partial charge in [-0.2, -0.15) is 0 Å². The van der Waals surface area contributed by atoms with Gasteiger partial charge < -0.3 is 20.5 Å². The number of ether oxygens (including phenoxy) is 1. The molecule has 108 valence electrons. The zero-order valence-electron chi connectivity index (χ0n) is 11.1. The zero-order valence-corrected chi connectivity index (χ0v) is 11.1. The smallest absolute Gasteiger partial charge is 0.260 e. The van der Waals surface area contributed by atoms with Gasteiger partial charge in [0.15, 0.2) is 6.61 Å². The highest BCUT2D eigenvalue weighted by atomic mass is 16.5. The van der Waals surface area contributed by atoms with Crippen LogP contribution >= 0.6 is 0 Å². The van der Waals surface area contributed by atoms with Crippen LogP contribution in [-0.4, -0.2) is 47.6 Å². The summed E-state index contributed by atoms with van der Waals surface area (Å²) in [6.07, 6.45) is 1.69. The Labute approximate surface area is 117 Å². The molecule has 0 bridgehead atoms. The minimum Gasteiger partial charge on any atom is -0.483 e. The number of para-hydroxylation sites is 1. The molecule has 0 aromatic heterocycles. The summed E-state index contributed by atoms with van der Waals surface area (Å²) in [5.41, 5.74) is 5.49. The highest BCUT2D eigenvalue weighted by Crippen LogP contribution is 2.19. The van der Waals surface area contributed by atoms with E-state index in [0.717, 1.165) is 12.8 Å². The van der Waals surface area contributed by atoms with E-state index in [2.05, 4.69) is 0 Å². The Balaban J connectivity index is 1.98. The van der Waals surface area contributed by atoms with Gasteiger partial charge in [-0.3, -0.25) is 9.59 Å². The molecule has 2 amide bonds. The van der Waals surface area contributed by atoms with Crippen LogP contribution in [-0.2, 0) is 4.79 Å². The third-order valence-corrected chi connectivity index (χ3v) is 3.41. The molecule has 0 radical (unpaired) electrons. The fraction of sp³-hybridized carbons (Fsp3) is 0.429. The van der Waals surface area contributed by atoms with Crippen LogP contribution in [0.25, 0.3) is 0 Å². The third-order valence-electron chi connectivity index (χ3n) is 3.41. The van der Waals surface area contributed by atoms with E-state index < -0.39 is 5.91 Å². The maximum Gasteiger partial charge on any atom is 0.260 e. The lowest BCUT2D eigenvalue weighted by Gasteiger charge is -2.23. The minimum atomic E-state index is -0.595. The van der Waals surface area contributed by atoms with E-state index >= 15 is 0 Å². The summed E-state index contributed by atoms with van der Waals surface area (Å²) in [5.74, 6) is -0.489. The quantitative estimate of drug-likeness (QED) is 0.801. The fourth-order valence-corrected chi connectivity index (χ4v) is 2.37. The van der Waals surface area contributed by atoms with Crippen molar-refractivity contribution in [1.82, 2.24) is 4.90 Å². The monoisotopic (exact) mass is 278 g/mol. The number of nitrogens with two attached hydrogens (primary N) is 1. The Kier molecular flexibility index (Phi) is 4.57. The van der Waals surface area contributed by atoms with Gasteiger partial charge in [0.2, 0.25) is 0 Å². The Morgan fingerprint density at radius 3 is 2.85 bits per heavy atom. The van der Waals surface area contributed by atoms with Gasteiger partial charge in [-0.05, 0) is 25.0 Å². The average Bonchev–Trinajstić information content (AvgIpc) is 2.93. The number of carbonyl (C=O) groups excluding carboxylic acids is 2. The Bertz CT molecular complexity index is 504. The van der Waals surface area contributed by atoms with Crippen LogP contribution in [0.15, 0.2) is 24.3 Å². The highest BCUT2D eigenvalue weighted by Gasteiger charge is 2.28. The summed E-state index contributed by atoms with van der Waals surface area (Å²) in [5, 5.41) is 9.19. The van der Waals surface area contributed by atoms with Crippen LogP contribution in [0.1, 0.15) is 23.2 Å². The Morgan fingerprint density at radius 2 is 2.15 bits per heavy atom. The first-order valence-corrected chi connectivity index (χ1v) is 6.55. The van der Waals surface area contributed by atoms with Crippen molar-refractivity contribution in [1.29, 1.82) is 0 Å². The second kappa shape index (κ2) is 6.38. The third kappa shape index (κ3) is 3.08. The normalized spacial score (nSPS) is 18.1. The molecule has 1 atom stereocenters. The molecular formula is C14H18N2O4. The first kappa shape index (κ1) is 14.3. The average molecular weight is 278 g/mol. The van der Waals surface area contributed by atoms with E-state index in [-0.39, 0.29) is 30.7 Å². The van der Waals surface area contributed by atoms with E-state index in [1.165, 1.54) is 0 Å². The molecule has 1 aliphatic heterocycles. The van der Waals surface area contributed by atoms with E-state index in [4.69, 9.17) is 10.5 Å². The highest BCUT2D eigenvalue weighted by molar-refractivity contribution is 5.95. The molecule has 0 aliphatic carbocycles. The molecule has 6 heteroatoms. The van der Waals surface area contributed by atoms with Crippen LogP contribution in [0.2, 0.25) is 0 Å². The van der Waals surface area contributed by atoms with Crippen molar-refractivity contribution >= 4 is 11.8 Å². The van der Waals surface area contributed by atoms with Gasteiger partial charge in [-0.15, -0.1) is 0 Å². The van der Waals surface area contributed by atoms with Crippen LogP contribution in [0.4, 0.5) is 0 Å². The summed E-state index contributed by atoms with van der Waals surface area (Å²) < 4.78 is 5.39. The molecule has 6 nitrogen and oxygen atoms in total. The Hall–Kier alpha value is -2.08. The summed E-state index contributed by atoms with van der Waals surface area (Å²) in [7, 11) is 0. The molecule has 1 aromatic rings. The SMILES string of the molecule is NC(=O)c1ccccc1OCC(=O)N1CCC[C@H]1CO. The Morgan fingerprint density at radius 1 is 1.40 bits per heavy atom. The molecule has 1 saturated heterocycles. The zero-order chi connectivity index (χ0) is 14.5. The molecule has 3 N–H and O–H groups in total. The van der Waals surface area contributed by atoms with Gasteiger partial charge in [0.25, 0.3) is 11.8 Å². The number of rotatable bonds is 5. The van der Waals surface area contributed by atoms with Crippen LogP contribution in [0.5, 0.6) is 5.75 Å². The van der Waals surface area contributed by atoms with E-state index in [0.29, 0.717) is 12.3 Å². The van der Waals surface area contributed by atoms with E-state index in [9.17, 15) is 14.7 Å². The van der Waals surface area contributed by atoms with Crippen molar-refractivity contribution in [2.75, 3.05) is 19.8 Å². The summed E-state index contributed by atoms with van der Waals surface area (Å²) >= 11 is 0. The van der Waals surface area contributed by atoms with Crippen LogP contribution in [0.3, 0.4) is 0 Å². The minimum absolute atomic E-state index is 0.0381. The predicted molar refractivity (Wildman–Crippen MR) is 72.3 cm³/mol. The predicted octanol–water partition coefficient (Wildman–Crippen LogP) is 0.148. The maximum absolute atomic E-state index is 12.0. The molecule has 2 rings (SSSR count). The van der Waals surface area contributed by atoms with Gasteiger partial charge in [0, 0.05) is 6.54 Å². The number of hydrogen-bond donors (Lipinski definition) is 2. The number of nitrogens with zero attached hydrogens (tertiary/aromatic N) is 1. The van der Waals surface area contributed by atoms with E-state index in [1.54, 1.807) is 29.2 Å². The molecule has 0 spiro atoms. The summed E-state index contributed by atoms with van der Waals surface area (Å²) in [6.45, 7) is 0.426. The van der Waals surface area contributed by atoms with Gasteiger partial charge in [-0.1, -0.05) is 12.1 Å². The maximum atomic E-state index is 12.0. The summed E-state index contributed by atoms with van der Waals surface area (Å²) in [4.78, 5) is 24.9. The largest absolute Gasteiger partial charge is 0.483 e. The van der Waals surface area contributed by atoms with Gasteiger partial charge >= 0.3 is 0 Å². The number of hydrogen-bond acceptors (Lipinski definition) is 4. The molecule has 20 heavy (non-hydrogen) atoms. The van der Waals surface area contributed by atoms with Gasteiger partial charge in [0.1, 0.15) is 5.75 Å². The molecule has 1 fully saturated rings. The molecular weight excluding hydrogens is 260 g/mol. The van der Waals surface area contributed by atoms with Crippen molar-refractivity contribution in [3.05, 3.63) is 29.8 Å². The molecule has 0 saturated carbocycles. The van der Waals surface area contributed by atoms with Gasteiger partial charge in [-0.25, -0.2) is 0 Å². The standard InChI is InChI=1S/C14H18N2O4/c15-14(19)11-5-1-2-6-12(11)20-9-13(18)16-7-3-4-10(16)8-17/h1-2,5-6,10,17H,3-4,7-9H2,(H2,15,19)/t10-/m0/s1. The molecule has 1 aromatic carbocycles. The van der Waals surface area contributed by atoms with Crippen LogP contribution in [0, 0.1) is 0 Å². The van der Waals surface area contributed by atoms with Crippen molar-refractivity contribution in [3.63, 3.8) is 0 Å². The molecule has 0 unspecified atom stereocenters. The number of likely N-dealkylation sites (tertiary alicyclic amines) is 1. The first-order valence-electron chi connectivity index (χ1n) is 6.55. The number of primary amides is 1. The molecule has 1 aliphatic rings. The van der Waals surface area contributed by atoms with Crippen molar-refractivity contribution < 1.29 is 19.4 Å². The topological polar surface area (TPSA) is 92.9 Å². The van der Waals surface area contributed by atoms with Crippen molar-refractivity contribution in [2.24, 2.45) is 5.73 Å². The van der Waals surface area contributed by atoms with E-state index in [1.807, 2.05) is 0 Å². The van der Waals surface area contributed by atoms with Gasteiger partial charge in [0.05, 0.1) is 18.2 Å².